The van der Waals surface area contributed by atoms with Crippen molar-refractivity contribution < 1.29 is 9.34 Å². The first-order valence-electron chi connectivity index (χ1n) is 5.31. The first kappa shape index (κ1) is 12.6. The minimum Gasteiger partial charge on any atom is -0.472 e. The van der Waals surface area contributed by atoms with Gasteiger partial charge in [-0.15, -0.1) is 0 Å². The molecule has 2 aromatic rings. The van der Waals surface area contributed by atoms with E-state index in [0.29, 0.717) is 23.7 Å². The third-order valence-electron chi connectivity index (χ3n) is 2.46. The number of nitrogens with zero attached hydrogens (tertiary/aromatic N) is 1. The Balaban J connectivity index is 2.00. The maximum absolute atomic E-state index is 10.7. The fourth-order valence-electron chi connectivity index (χ4n) is 1.54. The Kier molecular flexibility index (Phi) is 3.96. The Bertz CT molecular complexity index is 540. The van der Waals surface area contributed by atoms with Crippen molar-refractivity contribution in [3.8, 4) is 0 Å². The quantitative estimate of drug-likeness (QED) is 0.667. The fourth-order valence-corrected chi connectivity index (χ4v) is 1.73. The molecular weight excluding hydrogens is 256 g/mol. The molecule has 5 nitrogen and oxygen atoms in total. The van der Waals surface area contributed by atoms with Crippen LogP contribution in [0.4, 0.5) is 5.69 Å². The second kappa shape index (κ2) is 5.66. The van der Waals surface area contributed by atoms with E-state index in [9.17, 15) is 10.1 Å². The van der Waals surface area contributed by atoms with E-state index in [0.717, 1.165) is 5.56 Å². The summed E-state index contributed by atoms with van der Waals surface area (Å²) in [6.07, 6.45) is 3.24. The molecule has 0 radical (unpaired) electrons. The predicted molar refractivity (Wildman–Crippen MR) is 67.4 cm³/mol. The number of furan rings is 1. The molecule has 0 bridgehead atoms. The number of non-ortho nitro benzene ring substituents is 1. The van der Waals surface area contributed by atoms with Gasteiger partial charge in [-0.05, 0) is 17.7 Å². The van der Waals surface area contributed by atoms with Crippen molar-refractivity contribution in [3.05, 3.63) is 63.1 Å². The average Bonchev–Trinajstić information content (AvgIpc) is 2.84. The lowest BCUT2D eigenvalue weighted by Gasteiger charge is -2.05. The van der Waals surface area contributed by atoms with Crippen LogP contribution in [-0.4, -0.2) is 4.92 Å². The van der Waals surface area contributed by atoms with Gasteiger partial charge in [0.05, 0.1) is 17.4 Å². The third-order valence-corrected chi connectivity index (χ3v) is 2.83. The van der Waals surface area contributed by atoms with Crippen LogP contribution in [0.15, 0.2) is 41.2 Å². The van der Waals surface area contributed by atoms with Gasteiger partial charge in [-0.3, -0.25) is 10.1 Å². The molecule has 0 aliphatic heterocycles. The molecule has 0 aliphatic carbocycles. The van der Waals surface area contributed by atoms with Crippen LogP contribution in [0.25, 0.3) is 0 Å². The molecule has 2 rings (SSSR count). The summed E-state index contributed by atoms with van der Waals surface area (Å²) in [6.45, 7) is 1.08. The summed E-state index contributed by atoms with van der Waals surface area (Å²) in [7, 11) is 0. The zero-order chi connectivity index (χ0) is 13.0. The van der Waals surface area contributed by atoms with Gasteiger partial charge in [0.2, 0.25) is 0 Å². The summed E-state index contributed by atoms with van der Waals surface area (Å²) in [4.78, 5) is 10.2. The lowest BCUT2D eigenvalue weighted by molar-refractivity contribution is -0.384. The van der Waals surface area contributed by atoms with Gasteiger partial charge in [-0.1, -0.05) is 11.6 Å². The number of hydrogen-bond donors (Lipinski definition) is 1. The maximum atomic E-state index is 10.7. The van der Waals surface area contributed by atoms with E-state index in [1.54, 1.807) is 12.5 Å². The number of rotatable bonds is 5. The number of nitrogens with one attached hydrogen (secondary N) is 1. The second-order valence-electron chi connectivity index (χ2n) is 3.77. The van der Waals surface area contributed by atoms with Crippen LogP contribution in [-0.2, 0) is 13.1 Å². The van der Waals surface area contributed by atoms with E-state index in [2.05, 4.69) is 5.32 Å². The number of nitro benzene ring substituents is 1. The van der Waals surface area contributed by atoms with Crippen LogP contribution >= 0.6 is 11.6 Å². The average molecular weight is 267 g/mol. The highest BCUT2D eigenvalue weighted by molar-refractivity contribution is 6.31. The van der Waals surface area contributed by atoms with Gasteiger partial charge >= 0.3 is 0 Å². The zero-order valence-corrected chi connectivity index (χ0v) is 10.2. The van der Waals surface area contributed by atoms with E-state index in [4.69, 9.17) is 16.0 Å². The van der Waals surface area contributed by atoms with Crippen molar-refractivity contribution in [2.75, 3.05) is 0 Å². The topological polar surface area (TPSA) is 68.3 Å². The van der Waals surface area contributed by atoms with E-state index < -0.39 is 4.92 Å². The molecule has 94 valence electrons. The lowest BCUT2D eigenvalue weighted by atomic mass is 10.2. The summed E-state index contributed by atoms with van der Waals surface area (Å²) in [5.41, 5.74) is 1.76. The van der Waals surface area contributed by atoms with Gasteiger partial charge in [0.25, 0.3) is 5.69 Å². The Morgan fingerprint density at radius 3 is 2.83 bits per heavy atom. The molecule has 0 unspecified atom stereocenters. The molecule has 0 aliphatic rings. The van der Waals surface area contributed by atoms with Crippen molar-refractivity contribution in [2.24, 2.45) is 0 Å². The van der Waals surface area contributed by atoms with Gasteiger partial charge in [-0.2, -0.15) is 0 Å². The minimum atomic E-state index is -0.435. The molecular formula is C12H11ClN2O3. The van der Waals surface area contributed by atoms with Crippen LogP contribution in [0.3, 0.4) is 0 Å². The fraction of sp³-hybridized carbons (Fsp3) is 0.167. The Morgan fingerprint density at radius 1 is 1.33 bits per heavy atom. The highest BCUT2D eigenvalue weighted by Crippen LogP contribution is 2.21. The van der Waals surface area contributed by atoms with Gasteiger partial charge in [-0.25, -0.2) is 0 Å². The van der Waals surface area contributed by atoms with Crippen LogP contribution < -0.4 is 5.32 Å². The van der Waals surface area contributed by atoms with Crippen molar-refractivity contribution >= 4 is 17.3 Å². The Hall–Kier alpha value is -1.85. The first-order chi connectivity index (χ1) is 8.66. The van der Waals surface area contributed by atoms with E-state index >= 15 is 0 Å². The summed E-state index contributed by atoms with van der Waals surface area (Å²) in [6, 6.07) is 6.25. The van der Waals surface area contributed by atoms with Crippen molar-refractivity contribution in [1.82, 2.24) is 5.32 Å². The number of nitro groups is 1. The number of benzene rings is 1. The van der Waals surface area contributed by atoms with E-state index in [1.165, 1.54) is 18.2 Å². The molecule has 1 aromatic heterocycles. The molecule has 0 amide bonds. The Labute approximate surface area is 109 Å². The number of hydrogen-bond acceptors (Lipinski definition) is 4. The van der Waals surface area contributed by atoms with Gasteiger partial charge in [0.1, 0.15) is 0 Å². The lowest BCUT2D eigenvalue weighted by Crippen LogP contribution is -2.12. The molecule has 0 saturated heterocycles. The standard InChI is InChI=1S/C12H11ClN2O3/c13-12-2-1-11(15(16)17)5-10(12)7-14-6-9-3-4-18-8-9/h1-5,8,14H,6-7H2. The van der Waals surface area contributed by atoms with Crippen molar-refractivity contribution in [3.63, 3.8) is 0 Å². The van der Waals surface area contributed by atoms with Crippen LogP contribution in [0.5, 0.6) is 0 Å². The molecule has 0 fully saturated rings. The Morgan fingerprint density at radius 2 is 2.17 bits per heavy atom. The molecule has 1 heterocycles. The van der Waals surface area contributed by atoms with Crippen molar-refractivity contribution in [2.45, 2.75) is 13.1 Å². The van der Waals surface area contributed by atoms with E-state index in [1.807, 2.05) is 6.07 Å². The van der Waals surface area contributed by atoms with Crippen LogP contribution in [0, 0.1) is 10.1 Å². The summed E-state index contributed by atoms with van der Waals surface area (Å²) in [5, 5.41) is 14.3. The molecule has 0 spiro atoms. The van der Waals surface area contributed by atoms with Crippen LogP contribution in [0.2, 0.25) is 5.02 Å². The molecule has 18 heavy (non-hydrogen) atoms. The van der Waals surface area contributed by atoms with Gasteiger partial charge in [0.15, 0.2) is 0 Å². The molecule has 1 N–H and O–H groups in total. The maximum Gasteiger partial charge on any atom is 0.269 e. The first-order valence-corrected chi connectivity index (χ1v) is 5.69. The van der Waals surface area contributed by atoms with Crippen molar-refractivity contribution in [1.29, 1.82) is 0 Å². The zero-order valence-electron chi connectivity index (χ0n) is 9.43. The normalized spacial score (nSPS) is 10.5. The third kappa shape index (κ3) is 3.09. The monoisotopic (exact) mass is 266 g/mol. The minimum absolute atomic E-state index is 0.0412. The van der Waals surface area contributed by atoms with Gasteiger partial charge < -0.3 is 9.73 Å². The van der Waals surface area contributed by atoms with Crippen LogP contribution in [0.1, 0.15) is 11.1 Å². The molecule has 6 heteroatoms. The molecule has 0 atom stereocenters. The number of halogens is 1. The highest BCUT2D eigenvalue weighted by atomic mass is 35.5. The summed E-state index contributed by atoms with van der Waals surface area (Å²) in [5.74, 6) is 0. The highest BCUT2D eigenvalue weighted by Gasteiger charge is 2.09. The molecule has 0 saturated carbocycles. The summed E-state index contributed by atoms with van der Waals surface area (Å²) < 4.78 is 4.94. The SMILES string of the molecule is O=[N+]([O-])c1ccc(Cl)c(CNCc2ccoc2)c1. The van der Waals surface area contributed by atoms with E-state index in [-0.39, 0.29) is 5.69 Å². The molecule has 1 aromatic carbocycles. The second-order valence-corrected chi connectivity index (χ2v) is 4.18. The summed E-state index contributed by atoms with van der Waals surface area (Å²) >= 11 is 5.98. The largest absolute Gasteiger partial charge is 0.472 e. The van der Waals surface area contributed by atoms with Gasteiger partial charge in [0, 0.05) is 35.8 Å². The smallest absolute Gasteiger partial charge is 0.269 e. The predicted octanol–water partition coefficient (Wildman–Crippen LogP) is 3.13.